The van der Waals surface area contributed by atoms with E-state index >= 15 is 0 Å². The molecular weight excluding hydrogens is 296 g/mol. The van der Waals surface area contributed by atoms with E-state index in [1.807, 2.05) is 24.3 Å². The van der Waals surface area contributed by atoms with E-state index in [-0.39, 0.29) is 0 Å². The molecule has 1 N–H and O–H groups in total. The molecule has 0 spiro atoms. The molecule has 5 nitrogen and oxygen atoms in total. The third-order valence-corrected chi connectivity index (χ3v) is 3.40. The molecule has 1 atom stereocenters. The van der Waals surface area contributed by atoms with Crippen LogP contribution in [0, 0.1) is 0 Å². The van der Waals surface area contributed by atoms with Crippen LogP contribution in [-0.4, -0.2) is 25.3 Å². The van der Waals surface area contributed by atoms with Gasteiger partial charge in [-0.3, -0.25) is 0 Å². The Balaban J connectivity index is 2.11. The summed E-state index contributed by atoms with van der Waals surface area (Å²) in [5.41, 5.74) is 2.17. The van der Waals surface area contributed by atoms with E-state index in [0.29, 0.717) is 23.7 Å². The highest BCUT2D eigenvalue weighted by atomic mass is 16.5. The molecule has 0 aliphatic heterocycles. The minimum Gasteiger partial charge on any atom is -0.497 e. The maximum absolute atomic E-state index is 11.7. The van der Waals surface area contributed by atoms with Gasteiger partial charge in [-0.1, -0.05) is 24.3 Å². The SMILES string of the molecule is COC(=O)c1cc(OC)cc(OCc2ccc(C(C)O)cc2)c1. The summed E-state index contributed by atoms with van der Waals surface area (Å²) in [4.78, 5) is 11.7. The van der Waals surface area contributed by atoms with Crippen molar-refractivity contribution in [1.82, 2.24) is 0 Å². The van der Waals surface area contributed by atoms with Gasteiger partial charge in [0, 0.05) is 6.07 Å². The molecule has 122 valence electrons. The Labute approximate surface area is 135 Å². The van der Waals surface area contributed by atoms with Crippen molar-refractivity contribution >= 4 is 5.97 Å². The molecule has 2 aromatic carbocycles. The smallest absolute Gasteiger partial charge is 0.338 e. The third kappa shape index (κ3) is 4.47. The van der Waals surface area contributed by atoms with Crippen molar-refractivity contribution in [2.24, 2.45) is 0 Å². The molecule has 0 amide bonds. The Morgan fingerprint density at radius 2 is 1.74 bits per heavy atom. The summed E-state index contributed by atoms with van der Waals surface area (Å²) in [6.45, 7) is 2.06. The summed E-state index contributed by atoms with van der Waals surface area (Å²) in [5.74, 6) is 0.590. The lowest BCUT2D eigenvalue weighted by Gasteiger charge is -2.11. The zero-order valence-electron chi connectivity index (χ0n) is 13.4. The van der Waals surface area contributed by atoms with Crippen LogP contribution in [0.4, 0.5) is 0 Å². The minimum atomic E-state index is -0.494. The number of rotatable bonds is 6. The van der Waals surface area contributed by atoms with Crippen LogP contribution in [0.5, 0.6) is 11.5 Å². The van der Waals surface area contributed by atoms with E-state index in [9.17, 15) is 9.90 Å². The van der Waals surface area contributed by atoms with E-state index in [1.165, 1.54) is 14.2 Å². The predicted molar refractivity (Wildman–Crippen MR) is 85.7 cm³/mol. The van der Waals surface area contributed by atoms with Crippen LogP contribution in [0.25, 0.3) is 0 Å². The fourth-order valence-electron chi connectivity index (χ4n) is 2.07. The molecule has 0 aromatic heterocycles. The highest BCUT2D eigenvalue weighted by molar-refractivity contribution is 5.90. The molecule has 2 aromatic rings. The topological polar surface area (TPSA) is 65.0 Å². The van der Waals surface area contributed by atoms with Crippen molar-refractivity contribution in [1.29, 1.82) is 0 Å². The third-order valence-electron chi connectivity index (χ3n) is 3.40. The minimum absolute atomic E-state index is 0.341. The number of carbonyl (C=O) groups is 1. The first-order chi connectivity index (χ1) is 11.0. The first-order valence-electron chi connectivity index (χ1n) is 7.20. The standard InChI is InChI=1S/C18H20O5/c1-12(19)14-6-4-13(5-7-14)11-23-17-9-15(18(20)22-3)8-16(10-17)21-2/h4-10,12,19H,11H2,1-3H3. The highest BCUT2D eigenvalue weighted by Gasteiger charge is 2.10. The number of hydrogen-bond acceptors (Lipinski definition) is 5. The van der Waals surface area contributed by atoms with Crippen LogP contribution in [0.1, 0.15) is 34.5 Å². The molecule has 0 saturated carbocycles. The average Bonchev–Trinajstić information content (AvgIpc) is 2.59. The molecule has 0 radical (unpaired) electrons. The number of esters is 1. The Morgan fingerprint density at radius 3 is 2.30 bits per heavy atom. The summed E-state index contributed by atoms with van der Waals surface area (Å²) >= 11 is 0. The number of benzene rings is 2. The van der Waals surface area contributed by atoms with Gasteiger partial charge < -0.3 is 19.3 Å². The van der Waals surface area contributed by atoms with Gasteiger partial charge in [-0.25, -0.2) is 4.79 Å². The summed E-state index contributed by atoms with van der Waals surface area (Å²) < 4.78 is 15.6. The second-order valence-electron chi connectivity index (χ2n) is 5.10. The largest absolute Gasteiger partial charge is 0.497 e. The lowest BCUT2D eigenvalue weighted by Crippen LogP contribution is -2.03. The van der Waals surface area contributed by atoms with Gasteiger partial charge in [-0.05, 0) is 30.2 Å². The van der Waals surface area contributed by atoms with Crippen molar-refractivity contribution < 1.29 is 24.1 Å². The van der Waals surface area contributed by atoms with Crippen LogP contribution in [0.2, 0.25) is 0 Å². The number of aliphatic hydroxyl groups excluding tert-OH is 1. The van der Waals surface area contributed by atoms with Crippen LogP contribution >= 0.6 is 0 Å². The van der Waals surface area contributed by atoms with Gasteiger partial charge in [0.1, 0.15) is 18.1 Å². The fourth-order valence-corrected chi connectivity index (χ4v) is 2.07. The van der Waals surface area contributed by atoms with Crippen LogP contribution in [0.15, 0.2) is 42.5 Å². The molecule has 0 heterocycles. The summed E-state index contributed by atoms with van der Waals surface area (Å²) in [7, 11) is 2.85. The second-order valence-corrected chi connectivity index (χ2v) is 5.10. The number of carbonyl (C=O) groups excluding carboxylic acids is 1. The Hall–Kier alpha value is -2.53. The highest BCUT2D eigenvalue weighted by Crippen LogP contribution is 2.24. The lowest BCUT2D eigenvalue weighted by atomic mass is 10.1. The normalized spacial score (nSPS) is 11.7. The first-order valence-corrected chi connectivity index (χ1v) is 7.20. The summed E-state index contributed by atoms with van der Waals surface area (Å²) in [6, 6.07) is 12.4. The predicted octanol–water partition coefficient (Wildman–Crippen LogP) is 3.11. The molecule has 0 aliphatic rings. The number of ether oxygens (including phenoxy) is 3. The monoisotopic (exact) mass is 316 g/mol. The summed E-state index contributed by atoms with van der Waals surface area (Å²) in [5, 5.41) is 9.50. The summed E-state index contributed by atoms with van der Waals surface area (Å²) in [6.07, 6.45) is -0.494. The van der Waals surface area contributed by atoms with E-state index in [1.54, 1.807) is 25.1 Å². The molecule has 0 saturated heterocycles. The van der Waals surface area contributed by atoms with Crippen molar-refractivity contribution in [3.63, 3.8) is 0 Å². The van der Waals surface area contributed by atoms with Gasteiger partial charge in [-0.2, -0.15) is 0 Å². The van der Waals surface area contributed by atoms with E-state index in [0.717, 1.165) is 11.1 Å². The van der Waals surface area contributed by atoms with Crippen LogP contribution < -0.4 is 9.47 Å². The quantitative estimate of drug-likeness (QED) is 0.830. The van der Waals surface area contributed by atoms with Gasteiger partial charge in [-0.15, -0.1) is 0 Å². The van der Waals surface area contributed by atoms with Gasteiger partial charge in [0.05, 0.1) is 25.9 Å². The van der Waals surface area contributed by atoms with Gasteiger partial charge in [0.15, 0.2) is 0 Å². The van der Waals surface area contributed by atoms with Crippen molar-refractivity contribution in [2.75, 3.05) is 14.2 Å². The number of methoxy groups -OCH3 is 2. The second kappa shape index (κ2) is 7.65. The molecule has 0 aliphatic carbocycles. The first kappa shape index (κ1) is 16.8. The maximum Gasteiger partial charge on any atom is 0.338 e. The molecule has 0 bridgehead atoms. The van der Waals surface area contributed by atoms with Crippen molar-refractivity contribution in [3.8, 4) is 11.5 Å². The molecule has 0 fully saturated rings. The average molecular weight is 316 g/mol. The van der Waals surface area contributed by atoms with Gasteiger partial charge in [0.25, 0.3) is 0 Å². The molecular formula is C18H20O5. The molecule has 1 unspecified atom stereocenters. The molecule has 5 heteroatoms. The zero-order chi connectivity index (χ0) is 16.8. The van der Waals surface area contributed by atoms with E-state index < -0.39 is 12.1 Å². The molecule has 2 rings (SSSR count). The van der Waals surface area contributed by atoms with Gasteiger partial charge >= 0.3 is 5.97 Å². The number of aliphatic hydroxyl groups is 1. The van der Waals surface area contributed by atoms with E-state index in [4.69, 9.17) is 14.2 Å². The van der Waals surface area contributed by atoms with Crippen LogP contribution in [0.3, 0.4) is 0 Å². The number of hydrogen-bond donors (Lipinski definition) is 1. The molecule has 23 heavy (non-hydrogen) atoms. The van der Waals surface area contributed by atoms with Crippen molar-refractivity contribution in [2.45, 2.75) is 19.6 Å². The fraction of sp³-hybridized carbons (Fsp3) is 0.278. The zero-order valence-corrected chi connectivity index (χ0v) is 13.4. The lowest BCUT2D eigenvalue weighted by molar-refractivity contribution is 0.0599. The maximum atomic E-state index is 11.7. The van der Waals surface area contributed by atoms with Gasteiger partial charge in [0.2, 0.25) is 0 Å². The van der Waals surface area contributed by atoms with E-state index in [2.05, 4.69) is 0 Å². The Bertz CT molecular complexity index is 662. The Kier molecular flexibility index (Phi) is 5.60. The Morgan fingerprint density at radius 1 is 1.09 bits per heavy atom. The van der Waals surface area contributed by atoms with Crippen LogP contribution in [-0.2, 0) is 11.3 Å². The van der Waals surface area contributed by atoms with Crippen molar-refractivity contribution in [3.05, 3.63) is 59.2 Å².